The van der Waals surface area contributed by atoms with Gasteiger partial charge in [0.2, 0.25) is 0 Å². The first-order valence-electron chi connectivity index (χ1n) is 13.3. The van der Waals surface area contributed by atoms with E-state index in [1.54, 1.807) is 43.5 Å². The Balaban J connectivity index is 0.000000222. The quantitative estimate of drug-likeness (QED) is 0.358. The molecular weight excluding hydrogens is 432 g/mol. The number of esters is 1. The second kappa shape index (κ2) is 10.7. The molecule has 0 spiro atoms. The normalized spacial score (nSPS) is 15.7. The van der Waals surface area contributed by atoms with Crippen molar-refractivity contribution >= 4 is 33.5 Å². The number of hydrogen-bond acceptors (Lipinski definition) is 5. The molecule has 4 aromatic rings. The van der Waals surface area contributed by atoms with E-state index in [1.807, 2.05) is 12.1 Å². The standard InChI is InChI=1S/C15H16O3.C13H12O3/c1-10(15(16)18-3)11-4-5-13-9-14(17-2)7-6-12(13)8-11;1-8(13(15)16)9-2-3-11-7-12(14)5-4-10(11)6-9/h4-10H,1-3H3;2-8,14H,1H3,(H,15,16)/i2*1D3. The summed E-state index contributed by atoms with van der Waals surface area (Å²) in [6.07, 6.45) is 0. The van der Waals surface area contributed by atoms with Crippen LogP contribution in [0.15, 0.2) is 72.8 Å². The van der Waals surface area contributed by atoms with Gasteiger partial charge in [0.25, 0.3) is 0 Å². The van der Waals surface area contributed by atoms with Crippen LogP contribution in [0.2, 0.25) is 0 Å². The number of aliphatic carboxylic acids is 1. The zero-order valence-electron chi connectivity index (χ0n) is 24.6. The Kier molecular flexibility index (Phi) is 5.48. The second-order valence-electron chi connectivity index (χ2n) is 7.49. The molecule has 0 bridgehead atoms. The van der Waals surface area contributed by atoms with Crippen molar-refractivity contribution in [3.8, 4) is 11.5 Å². The van der Waals surface area contributed by atoms with Crippen molar-refractivity contribution in [2.75, 3.05) is 14.2 Å². The summed E-state index contributed by atoms with van der Waals surface area (Å²) in [5.41, 5.74) is 0.644. The monoisotopic (exact) mass is 466 g/mol. The highest BCUT2D eigenvalue weighted by Gasteiger charge is 2.16. The summed E-state index contributed by atoms with van der Waals surface area (Å²) in [5, 5.41) is 21.6. The van der Waals surface area contributed by atoms with Crippen LogP contribution >= 0.6 is 0 Å². The van der Waals surface area contributed by atoms with E-state index in [0.717, 1.165) is 21.9 Å². The number of carbonyl (C=O) groups excluding carboxylic acids is 1. The number of ether oxygens (including phenoxy) is 2. The molecule has 0 amide bonds. The number of rotatable bonds is 5. The van der Waals surface area contributed by atoms with Crippen molar-refractivity contribution < 1.29 is 37.5 Å². The van der Waals surface area contributed by atoms with Crippen molar-refractivity contribution in [3.05, 3.63) is 83.9 Å². The fraction of sp³-hybridized carbons (Fsp3) is 0.214. The molecule has 0 saturated heterocycles. The molecule has 0 aliphatic carbocycles. The maximum absolute atomic E-state index is 11.8. The van der Waals surface area contributed by atoms with E-state index >= 15 is 0 Å². The number of carbonyl (C=O) groups is 2. The third-order valence-electron chi connectivity index (χ3n) is 5.27. The highest BCUT2D eigenvalue weighted by Crippen LogP contribution is 2.26. The Morgan fingerprint density at radius 3 is 1.85 bits per heavy atom. The van der Waals surface area contributed by atoms with Crippen LogP contribution in [0.25, 0.3) is 21.5 Å². The second-order valence-corrected chi connectivity index (χ2v) is 7.49. The van der Waals surface area contributed by atoms with Gasteiger partial charge in [-0.25, -0.2) is 0 Å². The lowest BCUT2D eigenvalue weighted by atomic mass is 9.98. The predicted octanol–water partition coefficient (Wildman–Crippen LogP) is 5.86. The molecule has 0 radical (unpaired) electrons. The zero-order chi connectivity index (χ0) is 29.8. The third-order valence-corrected chi connectivity index (χ3v) is 5.27. The van der Waals surface area contributed by atoms with Gasteiger partial charge in [-0.3, -0.25) is 9.59 Å². The predicted molar refractivity (Wildman–Crippen MR) is 133 cm³/mol. The van der Waals surface area contributed by atoms with E-state index in [2.05, 4.69) is 4.74 Å². The molecule has 0 aromatic heterocycles. The topological polar surface area (TPSA) is 93.1 Å². The van der Waals surface area contributed by atoms with Gasteiger partial charge in [-0.1, -0.05) is 48.5 Å². The summed E-state index contributed by atoms with van der Waals surface area (Å²) < 4.78 is 54.3. The minimum absolute atomic E-state index is 0.103. The zero-order valence-corrected chi connectivity index (χ0v) is 18.6. The summed E-state index contributed by atoms with van der Waals surface area (Å²) in [6.45, 7) is -5.05. The maximum atomic E-state index is 11.8. The van der Waals surface area contributed by atoms with Gasteiger partial charge in [0.05, 0.1) is 26.1 Å². The molecule has 0 aliphatic rings. The van der Waals surface area contributed by atoms with E-state index < -0.39 is 37.5 Å². The summed E-state index contributed by atoms with van der Waals surface area (Å²) in [7, 11) is 2.77. The first-order valence-corrected chi connectivity index (χ1v) is 10.3. The van der Waals surface area contributed by atoms with E-state index in [0.29, 0.717) is 10.9 Å². The van der Waals surface area contributed by atoms with Crippen molar-refractivity contribution in [3.63, 3.8) is 0 Å². The lowest BCUT2D eigenvalue weighted by Crippen LogP contribution is -2.10. The Bertz CT molecular complexity index is 1530. The van der Waals surface area contributed by atoms with Crippen LogP contribution in [0.5, 0.6) is 11.5 Å². The number of hydrogen-bond donors (Lipinski definition) is 2. The van der Waals surface area contributed by atoms with Crippen LogP contribution in [0.3, 0.4) is 0 Å². The number of carboxylic acid groups (broad SMARTS) is 1. The molecule has 2 N–H and O–H groups in total. The van der Waals surface area contributed by atoms with Crippen molar-refractivity contribution in [1.82, 2.24) is 0 Å². The van der Waals surface area contributed by atoms with Crippen LogP contribution in [0, 0.1) is 0 Å². The number of phenols is 1. The summed E-state index contributed by atoms with van der Waals surface area (Å²) in [5.74, 6) is -4.15. The average Bonchev–Trinajstić information content (AvgIpc) is 2.87. The molecule has 0 fully saturated rings. The van der Waals surface area contributed by atoms with Gasteiger partial charge in [0.1, 0.15) is 11.5 Å². The molecule has 34 heavy (non-hydrogen) atoms. The number of fused-ring (bicyclic) bond motifs is 2. The lowest BCUT2D eigenvalue weighted by Gasteiger charge is -2.10. The van der Waals surface area contributed by atoms with E-state index in [9.17, 15) is 14.7 Å². The van der Waals surface area contributed by atoms with Gasteiger partial charge < -0.3 is 19.7 Å². The van der Waals surface area contributed by atoms with E-state index in [-0.39, 0.29) is 11.3 Å². The molecule has 2 unspecified atom stereocenters. The Hall–Kier alpha value is -4.06. The fourth-order valence-electron chi connectivity index (χ4n) is 3.38. The van der Waals surface area contributed by atoms with Crippen LogP contribution in [0.4, 0.5) is 0 Å². The molecule has 4 rings (SSSR count). The molecule has 2 atom stereocenters. The minimum atomic E-state index is -2.60. The highest BCUT2D eigenvalue weighted by molar-refractivity contribution is 5.87. The minimum Gasteiger partial charge on any atom is -0.508 e. The van der Waals surface area contributed by atoms with Crippen molar-refractivity contribution in [2.24, 2.45) is 0 Å². The van der Waals surface area contributed by atoms with Crippen molar-refractivity contribution in [1.29, 1.82) is 0 Å². The van der Waals surface area contributed by atoms with Gasteiger partial charge >= 0.3 is 11.9 Å². The molecule has 6 nitrogen and oxygen atoms in total. The van der Waals surface area contributed by atoms with Crippen LogP contribution in [0.1, 0.15) is 44.9 Å². The Labute approximate surface area is 206 Å². The smallest absolute Gasteiger partial charge is 0.312 e. The van der Waals surface area contributed by atoms with Gasteiger partial charge in [-0.15, -0.1) is 0 Å². The third kappa shape index (κ3) is 5.64. The largest absolute Gasteiger partial charge is 0.508 e. The van der Waals surface area contributed by atoms with Crippen molar-refractivity contribution in [2.45, 2.75) is 25.5 Å². The Morgan fingerprint density at radius 2 is 1.29 bits per heavy atom. The maximum Gasteiger partial charge on any atom is 0.312 e. The number of aromatic hydroxyl groups is 1. The van der Waals surface area contributed by atoms with Gasteiger partial charge in [0.15, 0.2) is 0 Å². The molecule has 4 aromatic carbocycles. The van der Waals surface area contributed by atoms with E-state index in [1.165, 1.54) is 31.4 Å². The van der Waals surface area contributed by atoms with E-state index in [4.69, 9.17) is 18.1 Å². The fourth-order valence-corrected chi connectivity index (χ4v) is 3.38. The van der Waals surface area contributed by atoms with Gasteiger partial charge in [0, 0.05) is 8.22 Å². The lowest BCUT2D eigenvalue weighted by molar-refractivity contribution is -0.142. The number of benzene rings is 4. The molecular formula is C28H28O6. The van der Waals surface area contributed by atoms with Crippen LogP contribution in [-0.4, -0.2) is 36.4 Å². The summed E-state index contributed by atoms with van der Waals surface area (Å²) >= 11 is 0. The number of carboxylic acids is 1. The summed E-state index contributed by atoms with van der Waals surface area (Å²) in [4.78, 5) is 22.9. The number of phenolic OH excluding ortho intramolecular Hbond substituents is 1. The Morgan fingerprint density at radius 1 is 0.765 bits per heavy atom. The molecule has 0 saturated carbocycles. The van der Waals surface area contributed by atoms with Gasteiger partial charge in [-0.05, 0) is 70.6 Å². The molecule has 176 valence electrons. The average molecular weight is 467 g/mol. The van der Waals surface area contributed by atoms with Gasteiger partial charge in [-0.2, -0.15) is 0 Å². The number of methoxy groups -OCH3 is 2. The first kappa shape index (κ1) is 17.4. The SMILES string of the molecule is [2H]C([2H])([2H])C(C(=O)O)c1ccc2cc(O)ccc2c1.[2H]C([2H])([2H])C(C(=O)OC)c1ccc2cc(OC)ccc2c1. The molecule has 0 aliphatic heterocycles. The first-order chi connectivity index (χ1) is 18.6. The van der Waals surface area contributed by atoms with Crippen LogP contribution in [-0.2, 0) is 14.3 Å². The molecule has 6 heteroatoms. The summed E-state index contributed by atoms with van der Waals surface area (Å²) in [6, 6.07) is 19.8. The molecule has 0 heterocycles. The highest BCUT2D eigenvalue weighted by atomic mass is 16.5. The van der Waals surface area contributed by atoms with Crippen LogP contribution < -0.4 is 4.74 Å².